The van der Waals surface area contributed by atoms with Gasteiger partial charge in [0.05, 0.1) is 24.6 Å². The van der Waals surface area contributed by atoms with Crippen LogP contribution in [0.15, 0.2) is 59.5 Å². The van der Waals surface area contributed by atoms with Crippen LogP contribution < -0.4 is 21.5 Å². The van der Waals surface area contributed by atoms with Crippen LogP contribution in [0.4, 0.5) is 0 Å². The van der Waals surface area contributed by atoms with E-state index in [4.69, 9.17) is 15.9 Å². The first kappa shape index (κ1) is 17.5. The maximum absolute atomic E-state index is 12.9. The van der Waals surface area contributed by atoms with Crippen molar-refractivity contribution in [3.63, 3.8) is 0 Å². The molecule has 4 aromatic rings. The lowest BCUT2D eigenvalue weighted by atomic mass is 10.1. The fourth-order valence-electron chi connectivity index (χ4n) is 3.14. The van der Waals surface area contributed by atoms with Gasteiger partial charge >= 0.3 is 0 Å². The fourth-order valence-corrected chi connectivity index (χ4v) is 3.14. The fraction of sp³-hybridized carbons (Fsp3) is 0.100. The third-order valence-electron chi connectivity index (χ3n) is 4.58. The van der Waals surface area contributed by atoms with Gasteiger partial charge in [0.15, 0.2) is 0 Å². The lowest BCUT2D eigenvalue weighted by Gasteiger charge is -2.14. The van der Waals surface area contributed by atoms with Crippen LogP contribution in [-0.2, 0) is 6.54 Å². The highest BCUT2D eigenvalue weighted by molar-refractivity contribution is 5.95. The zero-order valence-electron chi connectivity index (χ0n) is 15.0. The van der Waals surface area contributed by atoms with Gasteiger partial charge in [-0.25, -0.2) is 4.98 Å². The topological polar surface area (TPSA) is 115 Å². The van der Waals surface area contributed by atoms with Crippen molar-refractivity contribution >= 4 is 22.6 Å². The molecule has 0 saturated carbocycles. The number of benzene rings is 1. The van der Waals surface area contributed by atoms with E-state index in [2.05, 4.69) is 4.98 Å². The summed E-state index contributed by atoms with van der Waals surface area (Å²) in [4.78, 5) is 29.4. The molecular weight excluding hydrogens is 358 g/mol. The van der Waals surface area contributed by atoms with Gasteiger partial charge in [-0.15, -0.1) is 0 Å². The summed E-state index contributed by atoms with van der Waals surface area (Å²) in [6.45, 7) is 0.246. The Morgan fingerprint density at radius 3 is 2.64 bits per heavy atom. The second kappa shape index (κ2) is 6.66. The number of hydrogen-bond acceptors (Lipinski definition) is 5. The molecule has 0 bridgehead atoms. The number of ether oxygens (including phenoxy) is 1. The molecule has 0 unspecified atom stereocenters. The number of rotatable bonds is 4. The van der Waals surface area contributed by atoms with Crippen LogP contribution in [0.2, 0.25) is 0 Å². The Hall–Kier alpha value is -3.94. The molecule has 8 nitrogen and oxygen atoms in total. The Morgan fingerprint density at radius 1 is 1.21 bits per heavy atom. The summed E-state index contributed by atoms with van der Waals surface area (Å²) in [6, 6.07) is 13.9. The van der Waals surface area contributed by atoms with Crippen molar-refractivity contribution in [3.05, 3.63) is 81.7 Å². The Bertz CT molecular complexity index is 1340. The van der Waals surface area contributed by atoms with Crippen LogP contribution in [0, 0.1) is 5.41 Å². The third-order valence-corrected chi connectivity index (χ3v) is 4.58. The summed E-state index contributed by atoms with van der Waals surface area (Å²) >= 11 is 0. The first-order valence-corrected chi connectivity index (χ1v) is 8.52. The second-order valence-electron chi connectivity index (χ2n) is 6.29. The minimum Gasteiger partial charge on any atom is -0.497 e. The molecule has 3 heterocycles. The predicted octanol–water partition coefficient (Wildman–Crippen LogP) is 1.28. The molecule has 4 rings (SSSR count). The average molecular weight is 375 g/mol. The number of aromatic nitrogens is 3. The summed E-state index contributed by atoms with van der Waals surface area (Å²) < 4.78 is 8.08. The van der Waals surface area contributed by atoms with Gasteiger partial charge in [-0.2, -0.15) is 0 Å². The van der Waals surface area contributed by atoms with E-state index >= 15 is 0 Å². The molecule has 0 atom stereocenters. The molecule has 28 heavy (non-hydrogen) atoms. The molecule has 1 aromatic carbocycles. The number of pyridine rings is 2. The largest absolute Gasteiger partial charge is 0.497 e. The molecule has 0 saturated heterocycles. The molecule has 3 aromatic heterocycles. The lowest BCUT2D eigenvalue weighted by molar-refractivity contribution is 0.0998. The first-order chi connectivity index (χ1) is 13.5. The predicted molar refractivity (Wildman–Crippen MR) is 103 cm³/mol. The number of nitrogens with one attached hydrogen (secondary N) is 1. The zero-order chi connectivity index (χ0) is 19.8. The second-order valence-corrected chi connectivity index (χ2v) is 6.29. The van der Waals surface area contributed by atoms with Crippen molar-refractivity contribution in [2.45, 2.75) is 6.54 Å². The van der Waals surface area contributed by atoms with Gasteiger partial charge in [0.1, 0.15) is 22.5 Å². The van der Waals surface area contributed by atoms with E-state index in [0.717, 1.165) is 5.56 Å². The van der Waals surface area contributed by atoms with E-state index in [0.29, 0.717) is 17.0 Å². The van der Waals surface area contributed by atoms with Crippen LogP contribution in [-0.4, -0.2) is 27.0 Å². The Morgan fingerprint density at radius 2 is 1.96 bits per heavy atom. The van der Waals surface area contributed by atoms with Gasteiger partial charge in [0.2, 0.25) is 0 Å². The SMILES string of the molecule is COc1ccc(Cn2c(=N)c(C(N)=O)cc3c(=O)n4ccccc4nc32)cc1. The first-order valence-electron chi connectivity index (χ1n) is 8.52. The number of nitrogens with two attached hydrogens (primary N) is 1. The minimum absolute atomic E-state index is 0.0317. The monoisotopic (exact) mass is 375 g/mol. The average Bonchev–Trinajstić information content (AvgIpc) is 2.70. The molecular formula is C20H17N5O3. The summed E-state index contributed by atoms with van der Waals surface area (Å²) in [7, 11) is 1.58. The van der Waals surface area contributed by atoms with Gasteiger partial charge < -0.3 is 15.0 Å². The molecule has 0 fully saturated rings. The quantitative estimate of drug-likeness (QED) is 0.523. The molecule has 0 radical (unpaired) electrons. The molecule has 3 N–H and O–H groups in total. The molecule has 1 amide bonds. The zero-order valence-corrected chi connectivity index (χ0v) is 15.0. The van der Waals surface area contributed by atoms with Crippen molar-refractivity contribution < 1.29 is 9.53 Å². The van der Waals surface area contributed by atoms with E-state index < -0.39 is 5.91 Å². The van der Waals surface area contributed by atoms with Crippen molar-refractivity contribution in [1.29, 1.82) is 5.41 Å². The van der Waals surface area contributed by atoms with E-state index in [-0.39, 0.29) is 28.5 Å². The molecule has 8 heteroatoms. The third kappa shape index (κ3) is 2.81. The van der Waals surface area contributed by atoms with Crippen LogP contribution >= 0.6 is 0 Å². The number of carbonyl (C=O) groups excluding carboxylic acids is 1. The lowest BCUT2D eigenvalue weighted by Crippen LogP contribution is -2.32. The standard InChI is InChI=1S/C20H17N5O3/c1-28-13-7-5-12(6-8-13)11-25-17(21)14(18(22)26)10-15-19(25)23-16-4-2-3-9-24(16)20(15)27/h2-10,21H,11H2,1H3,(H2,22,26). The van der Waals surface area contributed by atoms with Gasteiger partial charge in [-0.05, 0) is 35.9 Å². The van der Waals surface area contributed by atoms with Crippen molar-refractivity contribution in [2.24, 2.45) is 5.73 Å². The number of amides is 1. The number of fused-ring (bicyclic) bond motifs is 2. The molecule has 140 valence electrons. The Balaban J connectivity index is 2.04. The molecule has 0 aliphatic carbocycles. The summed E-state index contributed by atoms with van der Waals surface area (Å²) in [5, 5.41) is 8.68. The van der Waals surface area contributed by atoms with E-state index in [9.17, 15) is 9.59 Å². The smallest absolute Gasteiger partial charge is 0.267 e. The number of methoxy groups -OCH3 is 1. The van der Waals surface area contributed by atoms with Crippen LogP contribution in [0.3, 0.4) is 0 Å². The van der Waals surface area contributed by atoms with E-state index in [1.165, 1.54) is 15.0 Å². The summed E-state index contributed by atoms with van der Waals surface area (Å²) in [6.07, 6.45) is 1.61. The molecule has 0 aliphatic rings. The van der Waals surface area contributed by atoms with Gasteiger partial charge in [-0.1, -0.05) is 18.2 Å². The molecule has 0 spiro atoms. The summed E-state index contributed by atoms with van der Waals surface area (Å²) in [5.74, 6) is -0.0640. The van der Waals surface area contributed by atoms with Crippen molar-refractivity contribution in [1.82, 2.24) is 14.0 Å². The Labute approximate surface area is 159 Å². The van der Waals surface area contributed by atoms with Crippen LogP contribution in [0.5, 0.6) is 5.75 Å². The number of hydrogen-bond donors (Lipinski definition) is 2. The van der Waals surface area contributed by atoms with E-state index in [1.807, 2.05) is 12.1 Å². The highest BCUT2D eigenvalue weighted by atomic mass is 16.5. The van der Waals surface area contributed by atoms with Crippen LogP contribution in [0.25, 0.3) is 16.7 Å². The van der Waals surface area contributed by atoms with Gasteiger partial charge in [0, 0.05) is 6.20 Å². The summed E-state index contributed by atoms with van der Waals surface area (Å²) in [5.41, 5.74) is 6.63. The minimum atomic E-state index is -0.770. The van der Waals surface area contributed by atoms with Gasteiger partial charge in [-0.3, -0.25) is 19.4 Å². The maximum Gasteiger partial charge on any atom is 0.267 e. The Kier molecular flexibility index (Phi) is 4.15. The van der Waals surface area contributed by atoms with Crippen molar-refractivity contribution in [3.8, 4) is 5.75 Å². The normalized spacial score (nSPS) is 11.0. The number of primary amides is 1. The van der Waals surface area contributed by atoms with Gasteiger partial charge in [0.25, 0.3) is 11.5 Å². The van der Waals surface area contributed by atoms with Crippen molar-refractivity contribution in [2.75, 3.05) is 7.11 Å². The molecule has 0 aliphatic heterocycles. The van der Waals surface area contributed by atoms with E-state index in [1.54, 1.807) is 43.6 Å². The number of nitrogens with zero attached hydrogens (tertiary/aromatic N) is 3. The highest BCUT2D eigenvalue weighted by Crippen LogP contribution is 2.15. The highest BCUT2D eigenvalue weighted by Gasteiger charge is 2.16. The maximum atomic E-state index is 12.9. The number of carbonyl (C=O) groups is 1. The van der Waals surface area contributed by atoms with Crippen LogP contribution in [0.1, 0.15) is 15.9 Å².